The van der Waals surface area contributed by atoms with Crippen LogP contribution in [0.3, 0.4) is 0 Å². The van der Waals surface area contributed by atoms with E-state index in [9.17, 15) is 4.79 Å². The highest BCUT2D eigenvalue weighted by Crippen LogP contribution is 2.24. The molecule has 1 aliphatic heterocycles. The molecule has 2 nitrogen and oxygen atoms in total. The largest absolute Gasteiger partial charge is 0.330 e. The lowest BCUT2D eigenvalue weighted by Gasteiger charge is -2.13. The summed E-state index contributed by atoms with van der Waals surface area (Å²) in [5.41, 5.74) is 3.34. The number of nitrogens with zero attached hydrogens (tertiary/aromatic N) is 1. The predicted octanol–water partition coefficient (Wildman–Crippen LogP) is 2.90. The first kappa shape index (κ1) is 9.60. The van der Waals surface area contributed by atoms with Crippen molar-refractivity contribution in [3.8, 4) is 0 Å². The fourth-order valence-corrected chi connectivity index (χ4v) is 2.68. The van der Waals surface area contributed by atoms with Gasteiger partial charge in [0.15, 0.2) is 0 Å². The normalized spacial score (nSPS) is 13.9. The molecule has 1 amide bonds. The number of hydrogen-bond donors (Lipinski definition) is 0. The van der Waals surface area contributed by atoms with Crippen molar-refractivity contribution in [2.24, 2.45) is 0 Å². The van der Waals surface area contributed by atoms with Gasteiger partial charge >= 0.3 is 0 Å². The molecule has 0 saturated carbocycles. The number of carbonyl (C=O) groups is 1. The van der Waals surface area contributed by atoms with Gasteiger partial charge in [0.2, 0.25) is 0 Å². The lowest BCUT2D eigenvalue weighted by Crippen LogP contribution is -2.24. The number of rotatable bonds is 1. The van der Waals surface area contributed by atoms with Gasteiger partial charge in [0.1, 0.15) is 0 Å². The summed E-state index contributed by atoms with van der Waals surface area (Å²) in [5, 5.41) is 3.85. The minimum atomic E-state index is 0.137. The fraction of sp³-hybridized carbons (Fsp3) is 0.154. The molecule has 0 fully saturated rings. The zero-order valence-corrected chi connectivity index (χ0v) is 9.54. The standard InChI is InChI=1S/C13H11NOS/c15-13(12-5-6-16-9-12)14-7-10-3-1-2-4-11(10)8-14/h1-6,9H,7-8H2. The van der Waals surface area contributed by atoms with Crippen LogP contribution in [0.4, 0.5) is 0 Å². The number of thiophene rings is 1. The van der Waals surface area contributed by atoms with Crippen LogP contribution < -0.4 is 0 Å². The van der Waals surface area contributed by atoms with Crippen LogP contribution in [0.15, 0.2) is 41.1 Å². The number of carbonyl (C=O) groups excluding carboxylic acids is 1. The Kier molecular flexibility index (Phi) is 2.26. The van der Waals surface area contributed by atoms with E-state index in [1.165, 1.54) is 11.1 Å². The molecule has 3 rings (SSSR count). The Labute approximate surface area is 98.1 Å². The molecule has 0 N–H and O–H groups in total. The Morgan fingerprint density at radius 1 is 1.12 bits per heavy atom. The summed E-state index contributed by atoms with van der Waals surface area (Å²) < 4.78 is 0. The molecule has 0 spiro atoms. The zero-order chi connectivity index (χ0) is 11.0. The van der Waals surface area contributed by atoms with Crippen molar-refractivity contribution < 1.29 is 4.79 Å². The zero-order valence-electron chi connectivity index (χ0n) is 8.72. The SMILES string of the molecule is O=C(c1ccsc1)N1Cc2ccccc2C1. The fourth-order valence-electron chi connectivity index (χ4n) is 2.05. The predicted molar refractivity (Wildman–Crippen MR) is 64.3 cm³/mol. The first-order valence-corrected chi connectivity index (χ1v) is 6.17. The lowest BCUT2D eigenvalue weighted by molar-refractivity contribution is 0.0752. The van der Waals surface area contributed by atoms with Crippen molar-refractivity contribution in [1.29, 1.82) is 0 Å². The average molecular weight is 229 g/mol. The van der Waals surface area contributed by atoms with E-state index in [0.717, 1.165) is 18.7 Å². The smallest absolute Gasteiger partial charge is 0.255 e. The molecule has 80 valence electrons. The third kappa shape index (κ3) is 1.53. The Morgan fingerprint density at radius 3 is 2.38 bits per heavy atom. The van der Waals surface area contributed by atoms with Crippen LogP contribution in [0, 0.1) is 0 Å². The minimum Gasteiger partial charge on any atom is -0.330 e. The van der Waals surface area contributed by atoms with E-state index in [-0.39, 0.29) is 5.91 Å². The van der Waals surface area contributed by atoms with Gasteiger partial charge in [-0.3, -0.25) is 4.79 Å². The van der Waals surface area contributed by atoms with Crippen molar-refractivity contribution in [2.75, 3.05) is 0 Å². The lowest BCUT2D eigenvalue weighted by atomic mass is 10.1. The molecule has 16 heavy (non-hydrogen) atoms. The van der Waals surface area contributed by atoms with E-state index in [1.807, 2.05) is 33.9 Å². The van der Waals surface area contributed by atoms with Crippen molar-refractivity contribution in [3.63, 3.8) is 0 Å². The van der Waals surface area contributed by atoms with E-state index in [1.54, 1.807) is 11.3 Å². The molecule has 3 heteroatoms. The van der Waals surface area contributed by atoms with Crippen LogP contribution in [-0.2, 0) is 13.1 Å². The number of hydrogen-bond acceptors (Lipinski definition) is 2. The molecule has 1 aromatic heterocycles. The maximum atomic E-state index is 12.1. The van der Waals surface area contributed by atoms with Crippen LogP contribution in [0.1, 0.15) is 21.5 Å². The molecule has 0 bridgehead atoms. The second-order valence-electron chi connectivity index (χ2n) is 3.94. The second-order valence-corrected chi connectivity index (χ2v) is 4.72. The van der Waals surface area contributed by atoms with Gasteiger partial charge in [-0.1, -0.05) is 24.3 Å². The molecule has 0 atom stereocenters. The summed E-state index contributed by atoms with van der Waals surface area (Å²) in [5.74, 6) is 0.137. The molecule has 0 unspecified atom stereocenters. The minimum absolute atomic E-state index is 0.137. The molecule has 0 radical (unpaired) electrons. The molecule has 1 aromatic carbocycles. The van der Waals surface area contributed by atoms with Gasteiger partial charge in [-0.25, -0.2) is 0 Å². The molecule has 2 heterocycles. The molecular weight excluding hydrogens is 218 g/mol. The van der Waals surface area contributed by atoms with Gasteiger partial charge in [-0.05, 0) is 22.6 Å². The first-order chi connectivity index (χ1) is 7.84. The number of amides is 1. The van der Waals surface area contributed by atoms with E-state index in [4.69, 9.17) is 0 Å². The summed E-state index contributed by atoms with van der Waals surface area (Å²) in [7, 11) is 0. The van der Waals surface area contributed by atoms with Gasteiger partial charge in [0, 0.05) is 18.5 Å². The van der Waals surface area contributed by atoms with Gasteiger partial charge in [0.05, 0.1) is 5.56 Å². The van der Waals surface area contributed by atoms with Crippen molar-refractivity contribution in [1.82, 2.24) is 4.90 Å². The highest BCUT2D eigenvalue weighted by atomic mass is 32.1. The maximum absolute atomic E-state index is 12.1. The number of benzene rings is 1. The van der Waals surface area contributed by atoms with Crippen molar-refractivity contribution in [3.05, 3.63) is 57.8 Å². The van der Waals surface area contributed by atoms with Gasteiger partial charge < -0.3 is 4.90 Å². The Hall–Kier alpha value is -1.61. The van der Waals surface area contributed by atoms with Gasteiger partial charge in [-0.2, -0.15) is 11.3 Å². The summed E-state index contributed by atoms with van der Waals surface area (Å²) in [6.45, 7) is 1.48. The van der Waals surface area contributed by atoms with Gasteiger partial charge in [0.25, 0.3) is 5.91 Å². The Balaban J connectivity index is 1.84. The summed E-state index contributed by atoms with van der Waals surface area (Å²) in [6, 6.07) is 10.1. The number of fused-ring (bicyclic) bond motifs is 1. The Bertz CT molecular complexity index is 493. The van der Waals surface area contributed by atoms with Gasteiger partial charge in [-0.15, -0.1) is 0 Å². The van der Waals surface area contributed by atoms with Crippen LogP contribution in [0.2, 0.25) is 0 Å². The molecule has 0 aliphatic carbocycles. The third-order valence-corrected chi connectivity index (χ3v) is 3.58. The molecule has 0 saturated heterocycles. The van der Waals surface area contributed by atoms with Crippen molar-refractivity contribution >= 4 is 17.2 Å². The second kappa shape index (κ2) is 3.76. The van der Waals surface area contributed by atoms with Crippen LogP contribution >= 0.6 is 11.3 Å². The highest BCUT2D eigenvalue weighted by Gasteiger charge is 2.23. The topological polar surface area (TPSA) is 20.3 Å². The van der Waals surface area contributed by atoms with Crippen LogP contribution in [0.5, 0.6) is 0 Å². The average Bonchev–Trinajstić information content (AvgIpc) is 2.97. The van der Waals surface area contributed by atoms with Crippen LogP contribution in [-0.4, -0.2) is 10.8 Å². The van der Waals surface area contributed by atoms with E-state index in [2.05, 4.69) is 12.1 Å². The summed E-state index contributed by atoms with van der Waals surface area (Å²) in [6.07, 6.45) is 0. The molecule has 2 aromatic rings. The Morgan fingerprint density at radius 2 is 1.81 bits per heavy atom. The highest BCUT2D eigenvalue weighted by molar-refractivity contribution is 7.08. The first-order valence-electron chi connectivity index (χ1n) is 5.23. The maximum Gasteiger partial charge on any atom is 0.255 e. The van der Waals surface area contributed by atoms with E-state index in [0.29, 0.717) is 0 Å². The van der Waals surface area contributed by atoms with E-state index >= 15 is 0 Å². The summed E-state index contributed by atoms with van der Waals surface area (Å²) >= 11 is 1.56. The van der Waals surface area contributed by atoms with E-state index < -0.39 is 0 Å². The molecular formula is C13H11NOS. The monoisotopic (exact) mass is 229 g/mol. The quantitative estimate of drug-likeness (QED) is 0.736. The third-order valence-electron chi connectivity index (χ3n) is 2.90. The van der Waals surface area contributed by atoms with Crippen LogP contribution in [0.25, 0.3) is 0 Å². The van der Waals surface area contributed by atoms with Crippen molar-refractivity contribution in [2.45, 2.75) is 13.1 Å². The summed E-state index contributed by atoms with van der Waals surface area (Å²) in [4.78, 5) is 14.0. The molecule has 1 aliphatic rings.